The Kier molecular flexibility index (Phi) is 7.42. The number of ether oxygens (including phenoxy) is 3. The number of rotatable bonds is 9. The molecule has 2 heterocycles. The Balaban J connectivity index is 1.53. The number of carbonyl (C=O) groups is 2. The SMILES string of the molecule is C=CNc1ccc(C2=N/C(=C/C(C)c3ccc(OC(=O)c4cccs4)c(OCC)c3)C(=O)O2)cc1. The van der Waals surface area contributed by atoms with Gasteiger partial charge in [0.05, 0.1) is 6.61 Å². The number of hydrogen-bond acceptors (Lipinski definition) is 8. The molecule has 35 heavy (non-hydrogen) atoms. The van der Waals surface area contributed by atoms with Gasteiger partial charge in [-0.15, -0.1) is 11.3 Å². The van der Waals surface area contributed by atoms with Crippen LogP contribution in [0.2, 0.25) is 0 Å². The Morgan fingerprint density at radius 2 is 2.00 bits per heavy atom. The number of allylic oxidation sites excluding steroid dienone is 1. The lowest BCUT2D eigenvalue weighted by Gasteiger charge is -2.14. The highest BCUT2D eigenvalue weighted by Gasteiger charge is 2.25. The topological polar surface area (TPSA) is 86.2 Å². The summed E-state index contributed by atoms with van der Waals surface area (Å²) in [5.41, 5.74) is 2.66. The molecule has 0 spiro atoms. The zero-order valence-corrected chi connectivity index (χ0v) is 20.1. The number of esters is 2. The van der Waals surface area contributed by atoms with E-state index in [-0.39, 0.29) is 17.5 Å². The van der Waals surface area contributed by atoms with Crippen LogP contribution in [0.5, 0.6) is 11.5 Å². The average molecular weight is 489 g/mol. The van der Waals surface area contributed by atoms with Crippen LogP contribution in [0.25, 0.3) is 0 Å². The average Bonchev–Trinajstić information content (AvgIpc) is 3.52. The predicted molar refractivity (Wildman–Crippen MR) is 136 cm³/mol. The highest BCUT2D eigenvalue weighted by atomic mass is 32.1. The number of nitrogens with zero attached hydrogens (tertiary/aromatic N) is 1. The number of anilines is 1. The van der Waals surface area contributed by atoms with Crippen LogP contribution in [-0.2, 0) is 9.53 Å². The zero-order chi connectivity index (χ0) is 24.8. The van der Waals surface area contributed by atoms with Crippen molar-refractivity contribution in [2.75, 3.05) is 11.9 Å². The molecule has 1 atom stereocenters. The smallest absolute Gasteiger partial charge is 0.363 e. The van der Waals surface area contributed by atoms with E-state index < -0.39 is 11.9 Å². The molecule has 0 radical (unpaired) electrons. The van der Waals surface area contributed by atoms with Crippen molar-refractivity contribution in [1.29, 1.82) is 0 Å². The molecule has 1 N–H and O–H groups in total. The minimum atomic E-state index is -0.508. The summed E-state index contributed by atoms with van der Waals surface area (Å²) in [5.74, 6) is -0.0830. The first-order chi connectivity index (χ1) is 17.0. The predicted octanol–water partition coefficient (Wildman–Crippen LogP) is 5.91. The van der Waals surface area contributed by atoms with E-state index in [4.69, 9.17) is 14.2 Å². The van der Waals surface area contributed by atoms with Crippen LogP contribution >= 0.6 is 11.3 Å². The third kappa shape index (κ3) is 5.67. The van der Waals surface area contributed by atoms with Crippen LogP contribution < -0.4 is 14.8 Å². The Morgan fingerprint density at radius 3 is 2.69 bits per heavy atom. The first kappa shape index (κ1) is 24.0. The standard InChI is InChI=1S/C27H24N2O5S/c1-4-28-20-11-8-18(9-12-20)25-29-21(26(30)34-25)15-17(3)19-10-13-22(23(16-19)32-5-2)33-27(31)24-7-6-14-35-24/h4,6-17,28H,1,5H2,2-3H3/b21-15+. The van der Waals surface area contributed by atoms with Crippen molar-refractivity contribution in [3.8, 4) is 11.5 Å². The monoisotopic (exact) mass is 488 g/mol. The summed E-state index contributed by atoms with van der Waals surface area (Å²) in [5, 5.41) is 4.80. The van der Waals surface area contributed by atoms with Crippen LogP contribution in [0.15, 0.2) is 89.5 Å². The summed E-state index contributed by atoms with van der Waals surface area (Å²) >= 11 is 1.31. The molecule has 1 aliphatic heterocycles. The van der Waals surface area contributed by atoms with Crippen LogP contribution in [-0.4, -0.2) is 24.4 Å². The summed E-state index contributed by atoms with van der Waals surface area (Å²) < 4.78 is 16.6. The Labute approximate surface area is 207 Å². The lowest BCUT2D eigenvalue weighted by Crippen LogP contribution is -2.08. The summed E-state index contributed by atoms with van der Waals surface area (Å²) in [4.78, 5) is 29.7. The minimum absolute atomic E-state index is 0.180. The fourth-order valence-corrected chi connectivity index (χ4v) is 4.01. The summed E-state index contributed by atoms with van der Waals surface area (Å²) in [6.45, 7) is 7.83. The zero-order valence-electron chi connectivity index (χ0n) is 19.3. The highest BCUT2D eigenvalue weighted by molar-refractivity contribution is 7.12. The molecule has 7 nitrogen and oxygen atoms in total. The fourth-order valence-electron chi connectivity index (χ4n) is 3.41. The Hall–Kier alpha value is -4.17. The normalized spacial score (nSPS) is 14.7. The summed E-state index contributed by atoms with van der Waals surface area (Å²) in [7, 11) is 0. The molecule has 1 aliphatic rings. The molecule has 3 aromatic rings. The number of aliphatic imine (C=N–C) groups is 1. The summed E-state index contributed by atoms with van der Waals surface area (Å²) in [6, 6.07) is 16.2. The molecule has 178 valence electrons. The molecule has 1 aromatic heterocycles. The van der Waals surface area contributed by atoms with E-state index in [0.29, 0.717) is 28.5 Å². The number of benzene rings is 2. The third-order valence-corrected chi connectivity index (χ3v) is 6.00. The second-order valence-corrected chi connectivity index (χ2v) is 8.53. The largest absolute Gasteiger partial charge is 0.490 e. The number of nitrogens with one attached hydrogen (secondary N) is 1. The van der Waals surface area contributed by atoms with Crippen molar-refractivity contribution < 1.29 is 23.8 Å². The number of cyclic esters (lactones) is 1. The minimum Gasteiger partial charge on any atom is -0.490 e. The van der Waals surface area contributed by atoms with Crippen molar-refractivity contribution in [2.45, 2.75) is 19.8 Å². The van der Waals surface area contributed by atoms with Crippen LogP contribution in [0, 0.1) is 0 Å². The van der Waals surface area contributed by atoms with E-state index in [1.807, 2.05) is 49.6 Å². The molecular weight excluding hydrogens is 464 g/mol. The Bertz CT molecular complexity index is 1290. The molecular formula is C27H24N2O5S. The molecule has 8 heteroatoms. The van der Waals surface area contributed by atoms with Crippen molar-refractivity contribution in [3.63, 3.8) is 0 Å². The maximum Gasteiger partial charge on any atom is 0.363 e. The lowest BCUT2D eigenvalue weighted by molar-refractivity contribution is -0.130. The molecule has 0 aliphatic carbocycles. The van der Waals surface area contributed by atoms with Gasteiger partial charge in [-0.1, -0.05) is 25.6 Å². The molecule has 2 aromatic carbocycles. The third-order valence-electron chi connectivity index (χ3n) is 5.15. The van der Waals surface area contributed by atoms with Crippen LogP contribution in [0.4, 0.5) is 5.69 Å². The first-order valence-corrected chi connectivity index (χ1v) is 11.9. The molecule has 0 fully saturated rings. The lowest BCUT2D eigenvalue weighted by atomic mass is 9.99. The number of hydrogen-bond donors (Lipinski definition) is 1. The second-order valence-electron chi connectivity index (χ2n) is 7.58. The Morgan fingerprint density at radius 1 is 1.20 bits per heavy atom. The van der Waals surface area contributed by atoms with Crippen LogP contribution in [0.3, 0.4) is 0 Å². The van der Waals surface area contributed by atoms with Gasteiger partial charge in [-0.05, 0) is 72.6 Å². The maximum absolute atomic E-state index is 12.4. The van der Waals surface area contributed by atoms with Gasteiger partial charge >= 0.3 is 11.9 Å². The molecule has 4 rings (SSSR count). The quantitative estimate of drug-likeness (QED) is 0.229. The first-order valence-electron chi connectivity index (χ1n) is 11.0. The van der Waals surface area contributed by atoms with E-state index in [1.54, 1.807) is 36.5 Å². The van der Waals surface area contributed by atoms with Gasteiger partial charge in [-0.25, -0.2) is 14.6 Å². The van der Waals surface area contributed by atoms with E-state index in [0.717, 1.165) is 11.3 Å². The number of carbonyl (C=O) groups excluding carboxylic acids is 2. The van der Waals surface area contributed by atoms with E-state index >= 15 is 0 Å². The molecule has 0 bridgehead atoms. The summed E-state index contributed by atoms with van der Waals surface area (Å²) in [6.07, 6.45) is 3.33. The van der Waals surface area contributed by atoms with Gasteiger partial charge in [0.1, 0.15) is 10.6 Å². The van der Waals surface area contributed by atoms with Gasteiger partial charge in [-0.2, -0.15) is 0 Å². The van der Waals surface area contributed by atoms with Gasteiger partial charge in [0.2, 0.25) is 5.90 Å². The maximum atomic E-state index is 12.4. The van der Waals surface area contributed by atoms with Crippen molar-refractivity contribution >= 4 is 34.9 Å². The van der Waals surface area contributed by atoms with E-state index in [1.165, 1.54) is 11.3 Å². The fraction of sp³-hybridized carbons (Fsp3) is 0.148. The van der Waals surface area contributed by atoms with Gasteiger partial charge < -0.3 is 19.5 Å². The second kappa shape index (κ2) is 10.8. The van der Waals surface area contributed by atoms with Crippen molar-refractivity contribution in [1.82, 2.24) is 0 Å². The van der Waals surface area contributed by atoms with E-state index in [9.17, 15) is 9.59 Å². The van der Waals surface area contributed by atoms with Crippen molar-refractivity contribution in [2.24, 2.45) is 4.99 Å². The van der Waals surface area contributed by atoms with Gasteiger partial charge in [0.25, 0.3) is 0 Å². The van der Waals surface area contributed by atoms with E-state index in [2.05, 4.69) is 16.9 Å². The van der Waals surface area contributed by atoms with Gasteiger partial charge in [0, 0.05) is 17.2 Å². The van der Waals surface area contributed by atoms with Gasteiger partial charge in [-0.3, -0.25) is 0 Å². The molecule has 0 saturated carbocycles. The molecule has 0 amide bonds. The molecule has 1 unspecified atom stereocenters. The van der Waals surface area contributed by atoms with Gasteiger partial charge in [0.15, 0.2) is 11.5 Å². The van der Waals surface area contributed by atoms with Crippen molar-refractivity contribution in [3.05, 3.63) is 101 Å². The number of thiophene rings is 1. The molecule has 0 saturated heterocycles. The van der Waals surface area contributed by atoms with Crippen LogP contribution in [0.1, 0.15) is 40.6 Å². The highest BCUT2D eigenvalue weighted by Crippen LogP contribution is 2.33.